The molecular weight excluding hydrogens is 248 g/mol. The van der Waals surface area contributed by atoms with Crippen LogP contribution in [0.4, 0.5) is 5.69 Å². The van der Waals surface area contributed by atoms with Crippen LogP contribution in [-0.4, -0.2) is 48.6 Å². The average Bonchev–Trinajstić information content (AvgIpc) is 3.24. The summed E-state index contributed by atoms with van der Waals surface area (Å²) in [6, 6.07) is 3.61. The maximum absolute atomic E-state index is 4.49. The molecule has 1 aliphatic heterocycles. The van der Waals surface area contributed by atoms with E-state index in [0.29, 0.717) is 6.04 Å². The van der Waals surface area contributed by atoms with Crippen molar-refractivity contribution in [1.29, 1.82) is 0 Å². The highest BCUT2D eigenvalue weighted by atomic mass is 15.3. The van der Waals surface area contributed by atoms with Gasteiger partial charge in [-0.1, -0.05) is 0 Å². The lowest BCUT2D eigenvalue weighted by atomic mass is 10.1. The highest BCUT2D eigenvalue weighted by Crippen LogP contribution is 2.25. The third-order valence-corrected chi connectivity index (χ3v) is 4.56. The third kappa shape index (κ3) is 3.13. The van der Waals surface area contributed by atoms with Gasteiger partial charge in [0.1, 0.15) is 0 Å². The van der Waals surface area contributed by atoms with Gasteiger partial charge in [0.25, 0.3) is 0 Å². The Hall–Kier alpha value is -1.13. The molecule has 2 heterocycles. The lowest BCUT2D eigenvalue weighted by Gasteiger charge is -2.39. The first kappa shape index (κ1) is 13.8. The molecule has 4 nitrogen and oxygen atoms in total. The second kappa shape index (κ2) is 5.70. The Bertz CT molecular complexity index is 470. The highest BCUT2D eigenvalue weighted by molar-refractivity contribution is 5.54. The number of anilines is 1. The predicted molar refractivity (Wildman–Crippen MR) is 83.1 cm³/mol. The summed E-state index contributed by atoms with van der Waals surface area (Å²) in [6.07, 6.45) is 4.73. The first-order valence-electron chi connectivity index (χ1n) is 7.77. The summed E-state index contributed by atoms with van der Waals surface area (Å²) in [5, 5.41) is 3.61. The molecule has 1 N–H and O–H groups in total. The van der Waals surface area contributed by atoms with Crippen LogP contribution in [0.15, 0.2) is 12.3 Å². The minimum atomic E-state index is 0.612. The van der Waals surface area contributed by atoms with Crippen molar-refractivity contribution in [2.45, 2.75) is 45.3 Å². The molecule has 1 aromatic heterocycles. The normalized spacial score (nSPS) is 24.1. The maximum Gasteiger partial charge on any atom is 0.0446 e. The van der Waals surface area contributed by atoms with Crippen LogP contribution < -0.4 is 10.2 Å². The van der Waals surface area contributed by atoms with E-state index in [2.05, 4.69) is 53.3 Å². The summed E-state index contributed by atoms with van der Waals surface area (Å²) in [7, 11) is 2.22. The van der Waals surface area contributed by atoms with E-state index in [0.717, 1.165) is 37.9 Å². The van der Waals surface area contributed by atoms with E-state index in [4.69, 9.17) is 0 Å². The molecule has 0 spiro atoms. The topological polar surface area (TPSA) is 31.4 Å². The number of aryl methyl sites for hydroxylation is 1. The number of rotatable bonds is 4. The fourth-order valence-electron chi connectivity index (χ4n) is 2.81. The SMILES string of the molecule is Cc1cc(N2CCN(C)C(C)C2)c(CNC2CC2)cn1. The Kier molecular flexibility index (Phi) is 3.94. The summed E-state index contributed by atoms with van der Waals surface area (Å²) in [4.78, 5) is 9.46. The van der Waals surface area contributed by atoms with E-state index in [9.17, 15) is 0 Å². The largest absolute Gasteiger partial charge is 0.368 e. The summed E-state index contributed by atoms with van der Waals surface area (Å²) >= 11 is 0. The number of piperazine rings is 1. The van der Waals surface area contributed by atoms with Gasteiger partial charge in [0, 0.05) is 61.4 Å². The Balaban J connectivity index is 1.77. The highest BCUT2D eigenvalue weighted by Gasteiger charge is 2.24. The molecule has 2 aliphatic rings. The van der Waals surface area contributed by atoms with Crippen molar-refractivity contribution in [3.63, 3.8) is 0 Å². The van der Waals surface area contributed by atoms with Crippen LogP contribution in [0.25, 0.3) is 0 Å². The molecule has 3 rings (SSSR count). The predicted octanol–water partition coefficient (Wildman–Crippen LogP) is 1.78. The summed E-state index contributed by atoms with van der Waals surface area (Å²) in [6.45, 7) is 8.70. The molecule has 1 aromatic rings. The van der Waals surface area contributed by atoms with Crippen LogP contribution in [0, 0.1) is 6.92 Å². The minimum Gasteiger partial charge on any atom is -0.368 e. The van der Waals surface area contributed by atoms with E-state index in [-0.39, 0.29) is 0 Å². The van der Waals surface area contributed by atoms with E-state index >= 15 is 0 Å². The van der Waals surface area contributed by atoms with E-state index in [1.807, 2.05) is 0 Å². The van der Waals surface area contributed by atoms with E-state index < -0.39 is 0 Å². The molecular formula is C16H26N4. The molecule has 1 saturated carbocycles. The summed E-state index contributed by atoms with van der Waals surface area (Å²) < 4.78 is 0. The van der Waals surface area contributed by atoms with Crippen molar-refractivity contribution in [2.24, 2.45) is 0 Å². The van der Waals surface area contributed by atoms with Gasteiger partial charge < -0.3 is 15.1 Å². The molecule has 0 bridgehead atoms. The summed E-state index contributed by atoms with van der Waals surface area (Å²) in [5.41, 5.74) is 3.84. The molecule has 1 unspecified atom stereocenters. The maximum atomic E-state index is 4.49. The zero-order valence-electron chi connectivity index (χ0n) is 12.9. The van der Waals surface area contributed by atoms with Gasteiger partial charge >= 0.3 is 0 Å². The van der Waals surface area contributed by atoms with Crippen LogP contribution in [0.3, 0.4) is 0 Å². The van der Waals surface area contributed by atoms with Gasteiger partial charge in [-0.25, -0.2) is 0 Å². The fraction of sp³-hybridized carbons (Fsp3) is 0.688. The lowest BCUT2D eigenvalue weighted by molar-refractivity contribution is 0.234. The van der Waals surface area contributed by atoms with Crippen LogP contribution in [0.2, 0.25) is 0 Å². The fourth-order valence-corrected chi connectivity index (χ4v) is 2.81. The van der Waals surface area contributed by atoms with Crippen LogP contribution >= 0.6 is 0 Å². The van der Waals surface area contributed by atoms with Gasteiger partial charge in [-0.15, -0.1) is 0 Å². The first-order valence-corrected chi connectivity index (χ1v) is 7.77. The van der Waals surface area contributed by atoms with E-state index in [1.165, 1.54) is 24.1 Å². The van der Waals surface area contributed by atoms with Gasteiger partial charge in [0.05, 0.1) is 0 Å². The van der Waals surface area contributed by atoms with Crippen molar-refractivity contribution < 1.29 is 0 Å². The second-order valence-electron chi connectivity index (χ2n) is 6.39. The molecule has 2 fully saturated rings. The molecule has 1 aliphatic carbocycles. The minimum absolute atomic E-state index is 0.612. The molecule has 1 saturated heterocycles. The molecule has 4 heteroatoms. The van der Waals surface area contributed by atoms with Crippen molar-refractivity contribution in [3.8, 4) is 0 Å². The standard InChI is InChI=1S/C16H26N4/c1-12-8-16(20-7-6-19(3)13(2)11-20)14(9-17-12)10-18-15-4-5-15/h8-9,13,15,18H,4-7,10-11H2,1-3H3. The van der Waals surface area contributed by atoms with Crippen molar-refractivity contribution in [2.75, 3.05) is 31.6 Å². The van der Waals surface area contributed by atoms with Crippen molar-refractivity contribution >= 4 is 5.69 Å². The zero-order chi connectivity index (χ0) is 14.1. The van der Waals surface area contributed by atoms with Gasteiger partial charge in [-0.05, 0) is 39.8 Å². The van der Waals surface area contributed by atoms with Crippen molar-refractivity contribution in [1.82, 2.24) is 15.2 Å². The number of hydrogen-bond donors (Lipinski definition) is 1. The zero-order valence-corrected chi connectivity index (χ0v) is 12.9. The van der Waals surface area contributed by atoms with Crippen LogP contribution in [0.1, 0.15) is 31.0 Å². The number of aromatic nitrogens is 1. The monoisotopic (exact) mass is 274 g/mol. The Morgan fingerprint density at radius 3 is 2.85 bits per heavy atom. The van der Waals surface area contributed by atoms with Crippen LogP contribution in [0.5, 0.6) is 0 Å². The molecule has 0 aromatic carbocycles. The molecule has 1 atom stereocenters. The van der Waals surface area contributed by atoms with Gasteiger partial charge in [0.15, 0.2) is 0 Å². The number of likely N-dealkylation sites (N-methyl/N-ethyl adjacent to an activating group) is 1. The summed E-state index contributed by atoms with van der Waals surface area (Å²) in [5.74, 6) is 0. The Labute approximate surface area is 122 Å². The molecule has 0 amide bonds. The Morgan fingerprint density at radius 2 is 2.15 bits per heavy atom. The Morgan fingerprint density at radius 1 is 1.35 bits per heavy atom. The molecule has 20 heavy (non-hydrogen) atoms. The number of nitrogens with zero attached hydrogens (tertiary/aromatic N) is 3. The second-order valence-corrected chi connectivity index (χ2v) is 6.39. The van der Waals surface area contributed by atoms with Crippen molar-refractivity contribution in [3.05, 3.63) is 23.5 Å². The van der Waals surface area contributed by atoms with Crippen LogP contribution in [-0.2, 0) is 6.54 Å². The average molecular weight is 274 g/mol. The first-order chi connectivity index (χ1) is 9.63. The lowest BCUT2D eigenvalue weighted by Crippen LogP contribution is -2.50. The number of pyridine rings is 1. The smallest absolute Gasteiger partial charge is 0.0446 e. The van der Waals surface area contributed by atoms with Gasteiger partial charge in [-0.2, -0.15) is 0 Å². The quantitative estimate of drug-likeness (QED) is 0.907. The molecule has 110 valence electrons. The van der Waals surface area contributed by atoms with Gasteiger partial charge in [-0.3, -0.25) is 4.98 Å². The van der Waals surface area contributed by atoms with Gasteiger partial charge in [0.2, 0.25) is 0 Å². The number of nitrogens with one attached hydrogen (secondary N) is 1. The molecule has 0 radical (unpaired) electrons. The number of hydrogen-bond acceptors (Lipinski definition) is 4. The third-order valence-electron chi connectivity index (χ3n) is 4.56. The van der Waals surface area contributed by atoms with E-state index in [1.54, 1.807) is 0 Å².